The van der Waals surface area contributed by atoms with E-state index >= 15 is 0 Å². The highest BCUT2D eigenvalue weighted by Gasteiger charge is 2.18. The second kappa shape index (κ2) is 10.6. The maximum Gasteiger partial charge on any atom is 0.251 e. The lowest BCUT2D eigenvalue weighted by Crippen LogP contribution is -2.42. The number of carbonyl (C=O) groups is 1. The molecule has 0 bridgehead atoms. The van der Waals surface area contributed by atoms with Gasteiger partial charge in [0, 0.05) is 43.2 Å². The maximum atomic E-state index is 13.3. The molecule has 37 heavy (non-hydrogen) atoms. The van der Waals surface area contributed by atoms with E-state index in [4.69, 9.17) is 9.97 Å². The van der Waals surface area contributed by atoms with E-state index in [1.54, 1.807) is 32.9 Å². The molecule has 0 unspecified atom stereocenters. The number of aryl methyl sites for hydroxylation is 1. The van der Waals surface area contributed by atoms with Gasteiger partial charge in [0.15, 0.2) is 5.65 Å². The summed E-state index contributed by atoms with van der Waals surface area (Å²) in [5, 5.41) is 13.9. The average molecular weight is 515 g/mol. The smallest absolute Gasteiger partial charge is 0.251 e. The molecule has 0 fully saturated rings. The van der Waals surface area contributed by atoms with Crippen molar-refractivity contribution in [2.24, 2.45) is 7.05 Å². The minimum Gasteiger partial charge on any atom is -0.350 e. The van der Waals surface area contributed by atoms with Gasteiger partial charge in [-0.2, -0.15) is 10.2 Å². The first-order chi connectivity index (χ1) is 18.0. The van der Waals surface area contributed by atoms with Gasteiger partial charge in [-0.25, -0.2) is 14.5 Å². The molecule has 0 aliphatic rings. The molecular formula is C27H30N8OS. The maximum absolute atomic E-state index is 13.3. The van der Waals surface area contributed by atoms with Gasteiger partial charge in [-0.3, -0.25) is 14.4 Å². The molecule has 0 saturated carbocycles. The molecule has 0 radical (unpaired) electrons. The number of thiophene rings is 1. The van der Waals surface area contributed by atoms with E-state index in [2.05, 4.69) is 41.2 Å². The highest BCUT2D eigenvalue weighted by atomic mass is 32.1. The fourth-order valence-corrected chi connectivity index (χ4v) is 5.13. The number of rotatable bonds is 9. The molecule has 1 N–H and O–H groups in total. The predicted octanol–water partition coefficient (Wildman–Crippen LogP) is 4.38. The Morgan fingerprint density at radius 3 is 2.59 bits per heavy atom. The molecule has 0 aromatic carbocycles. The number of aromatic nitrogens is 6. The van der Waals surface area contributed by atoms with Crippen molar-refractivity contribution in [3.63, 3.8) is 0 Å². The molecule has 0 aliphatic carbocycles. The van der Waals surface area contributed by atoms with Gasteiger partial charge in [-0.05, 0) is 49.7 Å². The van der Waals surface area contributed by atoms with Crippen molar-refractivity contribution in [1.82, 2.24) is 39.6 Å². The number of nitrogens with one attached hydrogen (secondary N) is 1. The highest BCUT2D eigenvalue weighted by molar-refractivity contribution is 7.13. The Bertz CT molecular complexity index is 1520. The minimum absolute atomic E-state index is 0.142. The first-order valence-corrected chi connectivity index (χ1v) is 13.3. The SMILES string of the molecule is CCN(CC)[C@@H](C)CNC(=O)c1cc(-c2cnn(C)c2)nc(-c2cnn3ccc(-c4cccs4)nc23)c1. The predicted molar refractivity (Wildman–Crippen MR) is 146 cm³/mol. The van der Waals surface area contributed by atoms with Crippen LogP contribution in [-0.4, -0.2) is 65.8 Å². The zero-order valence-electron chi connectivity index (χ0n) is 21.4. The largest absolute Gasteiger partial charge is 0.350 e. The number of hydrogen-bond donors (Lipinski definition) is 1. The molecule has 1 amide bonds. The van der Waals surface area contributed by atoms with Crippen molar-refractivity contribution in [3.05, 3.63) is 66.1 Å². The van der Waals surface area contributed by atoms with Gasteiger partial charge in [0.25, 0.3) is 5.91 Å². The first kappa shape index (κ1) is 24.8. The van der Waals surface area contributed by atoms with E-state index < -0.39 is 0 Å². The Kier molecular flexibility index (Phi) is 7.11. The van der Waals surface area contributed by atoms with E-state index in [-0.39, 0.29) is 11.9 Å². The zero-order valence-corrected chi connectivity index (χ0v) is 22.2. The number of nitrogens with zero attached hydrogens (tertiary/aromatic N) is 7. The summed E-state index contributed by atoms with van der Waals surface area (Å²) in [5.74, 6) is -0.142. The second-order valence-corrected chi connectivity index (χ2v) is 9.87. The van der Waals surface area contributed by atoms with Crippen LogP contribution in [0.4, 0.5) is 0 Å². The van der Waals surface area contributed by atoms with E-state index in [0.29, 0.717) is 29.1 Å². The average Bonchev–Trinajstić information content (AvgIpc) is 3.68. The molecule has 0 saturated heterocycles. The monoisotopic (exact) mass is 514 g/mol. The van der Waals surface area contributed by atoms with Crippen LogP contribution >= 0.6 is 11.3 Å². The third-order valence-electron chi connectivity index (χ3n) is 6.50. The molecule has 0 spiro atoms. The van der Waals surface area contributed by atoms with Gasteiger partial charge >= 0.3 is 0 Å². The van der Waals surface area contributed by atoms with E-state index in [1.807, 2.05) is 55.2 Å². The normalized spacial score (nSPS) is 12.4. The topological polar surface area (TPSA) is 93.2 Å². The first-order valence-electron chi connectivity index (χ1n) is 12.4. The van der Waals surface area contributed by atoms with Gasteiger partial charge in [0.1, 0.15) is 0 Å². The van der Waals surface area contributed by atoms with Crippen LogP contribution in [0.25, 0.3) is 38.7 Å². The van der Waals surface area contributed by atoms with E-state index in [9.17, 15) is 4.79 Å². The molecule has 10 heteroatoms. The summed E-state index contributed by atoms with van der Waals surface area (Å²) in [6.07, 6.45) is 7.28. The second-order valence-electron chi connectivity index (χ2n) is 8.93. The molecule has 1 atom stereocenters. The van der Waals surface area contributed by atoms with Crippen molar-refractivity contribution >= 4 is 22.9 Å². The lowest BCUT2D eigenvalue weighted by molar-refractivity contribution is 0.0938. The standard InChI is InChI=1S/C27H30N8OS/c1-5-34(6-2)18(3)14-28-27(36)19-12-23(20-15-29-33(4)17-20)31-24(13-19)21-16-30-35-10-9-22(32-26(21)35)25-8-7-11-37-25/h7-13,15-18H,5-6,14H2,1-4H3,(H,28,36)/t18-/m0/s1. The summed E-state index contributed by atoms with van der Waals surface area (Å²) in [5.41, 5.74) is 4.98. The Balaban J connectivity index is 1.54. The van der Waals surface area contributed by atoms with Crippen LogP contribution in [-0.2, 0) is 7.05 Å². The third-order valence-corrected chi connectivity index (χ3v) is 7.39. The van der Waals surface area contributed by atoms with Crippen LogP contribution < -0.4 is 5.32 Å². The van der Waals surface area contributed by atoms with Crippen molar-refractivity contribution in [1.29, 1.82) is 0 Å². The summed E-state index contributed by atoms with van der Waals surface area (Å²) in [6, 6.07) is 9.86. The quantitative estimate of drug-likeness (QED) is 0.314. The molecule has 5 heterocycles. The summed E-state index contributed by atoms with van der Waals surface area (Å²) in [4.78, 5) is 26.5. The van der Waals surface area contributed by atoms with Crippen LogP contribution in [0.3, 0.4) is 0 Å². The van der Waals surface area contributed by atoms with Gasteiger partial charge in [-0.1, -0.05) is 19.9 Å². The van der Waals surface area contributed by atoms with Crippen molar-refractivity contribution in [3.8, 4) is 33.1 Å². The van der Waals surface area contributed by atoms with Crippen LogP contribution in [0.2, 0.25) is 0 Å². The third kappa shape index (κ3) is 5.16. The summed E-state index contributed by atoms with van der Waals surface area (Å²) < 4.78 is 3.45. The lowest BCUT2D eigenvalue weighted by atomic mass is 10.1. The molecule has 5 aromatic heterocycles. The van der Waals surface area contributed by atoms with Crippen LogP contribution in [0.5, 0.6) is 0 Å². The molecule has 9 nitrogen and oxygen atoms in total. The van der Waals surface area contributed by atoms with Crippen molar-refractivity contribution in [2.45, 2.75) is 26.8 Å². The number of amides is 1. The molecule has 5 rings (SSSR count). The van der Waals surface area contributed by atoms with E-state index in [0.717, 1.165) is 34.8 Å². The van der Waals surface area contributed by atoms with Crippen molar-refractivity contribution in [2.75, 3.05) is 19.6 Å². The van der Waals surface area contributed by atoms with Crippen LogP contribution in [0, 0.1) is 0 Å². The number of fused-ring (bicyclic) bond motifs is 1. The molecule has 5 aromatic rings. The molecule has 0 aliphatic heterocycles. The number of hydrogen-bond acceptors (Lipinski definition) is 7. The lowest BCUT2D eigenvalue weighted by Gasteiger charge is -2.26. The highest BCUT2D eigenvalue weighted by Crippen LogP contribution is 2.29. The van der Waals surface area contributed by atoms with Gasteiger partial charge in [-0.15, -0.1) is 11.3 Å². The molecular weight excluding hydrogens is 484 g/mol. The number of carbonyl (C=O) groups excluding carboxylic acids is 1. The summed E-state index contributed by atoms with van der Waals surface area (Å²) in [7, 11) is 1.86. The van der Waals surface area contributed by atoms with Crippen molar-refractivity contribution < 1.29 is 4.79 Å². The van der Waals surface area contributed by atoms with Gasteiger partial charge in [0.05, 0.1) is 39.9 Å². The Hall–Kier alpha value is -3.89. The van der Waals surface area contributed by atoms with Gasteiger partial charge < -0.3 is 5.32 Å². The zero-order chi connectivity index (χ0) is 25.9. The Morgan fingerprint density at radius 2 is 1.89 bits per heavy atom. The van der Waals surface area contributed by atoms with Gasteiger partial charge in [0.2, 0.25) is 0 Å². The Labute approximate surface area is 219 Å². The number of likely N-dealkylation sites (N-methyl/N-ethyl adjacent to an activating group) is 1. The molecule has 190 valence electrons. The Morgan fingerprint density at radius 1 is 1.08 bits per heavy atom. The van der Waals surface area contributed by atoms with Crippen LogP contribution in [0.15, 0.2) is 60.5 Å². The summed E-state index contributed by atoms with van der Waals surface area (Å²) in [6.45, 7) is 8.82. The minimum atomic E-state index is -0.142. The fourth-order valence-electron chi connectivity index (χ4n) is 4.43. The fraction of sp³-hybridized carbons (Fsp3) is 0.296. The van der Waals surface area contributed by atoms with Crippen LogP contribution in [0.1, 0.15) is 31.1 Å². The van der Waals surface area contributed by atoms with E-state index in [1.165, 1.54) is 0 Å². The summed E-state index contributed by atoms with van der Waals surface area (Å²) >= 11 is 1.64. The number of pyridine rings is 1.